The second kappa shape index (κ2) is 6.76. The van der Waals surface area contributed by atoms with E-state index in [9.17, 15) is 0 Å². The number of benzene rings is 2. The van der Waals surface area contributed by atoms with E-state index in [0.717, 1.165) is 0 Å². The second-order valence-electron chi connectivity index (χ2n) is 9.97. The number of hydrogen-bond acceptors (Lipinski definition) is 2. The quantitative estimate of drug-likeness (QED) is 0.676. The van der Waals surface area contributed by atoms with Crippen molar-refractivity contribution in [3.8, 4) is 11.1 Å². The van der Waals surface area contributed by atoms with Gasteiger partial charge in [0.25, 0.3) is 0 Å². The van der Waals surface area contributed by atoms with Crippen LogP contribution in [0.4, 0.5) is 0 Å². The van der Waals surface area contributed by atoms with Gasteiger partial charge in [0, 0.05) is 14.2 Å². The van der Waals surface area contributed by atoms with Crippen molar-refractivity contribution < 1.29 is 9.47 Å². The molecule has 0 saturated carbocycles. The summed E-state index contributed by atoms with van der Waals surface area (Å²) in [5.74, 6) is 0. The molecule has 0 unspecified atom stereocenters. The maximum absolute atomic E-state index is 5.77. The summed E-state index contributed by atoms with van der Waals surface area (Å²) in [5, 5.41) is 0. The van der Waals surface area contributed by atoms with Crippen LogP contribution >= 0.6 is 0 Å². The predicted molar refractivity (Wildman–Crippen MR) is 114 cm³/mol. The van der Waals surface area contributed by atoms with E-state index in [4.69, 9.17) is 9.47 Å². The van der Waals surface area contributed by atoms with Gasteiger partial charge in [-0.15, -0.1) is 0 Å². The maximum atomic E-state index is 5.77. The first-order valence-electron chi connectivity index (χ1n) is 9.83. The van der Waals surface area contributed by atoms with E-state index in [1.54, 1.807) is 14.2 Å². The van der Waals surface area contributed by atoms with Crippen LogP contribution in [0.3, 0.4) is 0 Å². The molecule has 3 rings (SSSR count). The molecule has 0 radical (unpaired) electrons. The van der Waals surface area contributed by atoms with Gasteiger partial charge >= 0.3 is 0 Å². The number of rotatable bonds is 4. The summed E-state index contributed by atoms with van der Waals surface area (Å²) in [6, 6.07) is 13.9. The summed E-state index contributed by atoms with van der Waals surface area (Å²) in [6.07, 6.45) is 0. The molecule has 1 aliphatic rings. The Hall–Kier alpha value is -1.64. The van der Waals surface area contributed by atoms with E-state index in [2.05, 4.69) is 77.9 Å². The zero-order chi connectivity index (χ0) is 20.0. The summed E-state index contributed by atoms with van der Waals surface area (Å²) in [4.78, 5) is 0. The van der Waals surface area contributed by atoms with Gasteiger partial charge in [-0.1, -0.05) is 77.9 Å². The van der Waals surface area contributed by atoms with Crippen LogP contribution in [0, 0.1) is 0 Å². The highest BCUT2D eigenvalue weighted by atomic mass is 16.5. The van der Waals surface area contributed by atoms with E-state index in [1.807, 2.05) is 0 Å². The Morgan fingerprint density at radius 1 is 0.667 bits per heavy atom. The molecule has 0 bridgehead atoms. The number of hydrogen-bond donors (Lipinski definition) is 0. The Balaban J connectivity index is 2.31. The summed E-state index contributed by atoms with van der Waals surface area (Å²) >= 11 is 0. The van der Waals surface area contributed by atoms with Crippen LogP contribution in [-0.4, -0.2) is 27.4 Å². The van der Waals surface area contributed by atoms with Crippen molar-refractivity contribution in [3.63, 3.8) is 0 Å². The van der Waals surface area contributed by atoms with Crippen LogP contribution in [-0.2, 0) is 25.7 Å². The third-order valence-electron chi connectivity index (χ3n) is 5.87. The van der Waals surface area contributed by atoms with E-state index in [0.29, 0.717) is 13.2 Å². The van der Waals surface area contributed by atoms with E-state index < -0.39 is 0 Å². The minimum absolute atomic E-state index is 0.103. The van der Waals surface area contributed by atoms with Crippen LogP contribution in [0.1, 0.15) is 63.8 Å². The summed E-state index contributed by atoms with van der Waals surface area (Å²) in [7, 11) is 3.58. The lowest BCUT2D eigenvalue weighted by molar-refractivity contribution is 0.0813. The van der Waals surface area contributed by atoms with Crippen molar-refractivity contribution in [2.24, 2.45) is 0 Å². The number of ether oxygens (including phenoxy) is 2. The Labute approximate surface area is 164 Å². The van der Waals surface area contributed by atoms with Crippen LogP contribution < -0.4 is 0 Å². The van der Waals surface area contributed by atoms with Crippen molar-refractivity contribution in [1.29, 1.82) is 0 Å². The monoisotopic (exact) mass is 366 g/mol. The fraction of sp³-hybridized carbons (Fsp3) is 0.520. The first-order valence-corrected chi connectivity index (χ1v) is 9.83. The molecule has 0 saturated heterocycles. The SMILES string of the molecule is COCC1(COC)c2cc(C(C)(C)C)ccc2-c2ccc(C(C)(C)C)cc21. The molecule has 0 N–H and O–H groups in total. The molecule has 2 aromatic carbocycles. The van der Waals surface area contributed by atoms with Crippen molar-refractivity contribution in [3.05, 3.63) is 58.7 Å². The lowest BCUT2D eigenvalue weighted by Gasteiger charge is -2.32. The van der Waals surface area contributed by atoms with Crippen LogP contribution in [0.25, 0.3) is 11.1 Å². The van der Waals surface area contributed by atoms with Crippen molar-refractivity contribution >= 4 is 0 Å². The maximum Gasteiger partial charge on any atom is 0.0681 e. The molecule has 0 fully saturated rings. The van der Waals surface area contributed by atoms with Gasteiger partial charge in [-0.25, -0.2) is 0 Å². The standard InChI is InChI=1S/C25H34O2/c1-23(2,3)17-9-11-19-20-12-10-18(24(4,5)6)14-22(20)25(15-26-7,16-27-8)21(19)13-17/h9-14H,15-16H2,1-8H3. The Morgan fingerprint density at radius 2 is 1.04 bits per heavy atom. The van der Waals surface area contributed by atoms with Crippen molar-refractivity contribution in [2.45, 2.75) is 57.8 Å². The molecule has 2 heteroatoms. The molecule has 146 valence electrons. The molecule has 0 aromatic heterocycles. The van der Waals surface area contributed by atoms with Crippen LogP contribution in [0.5, 0.6) is 0 Å². The summed E-state index contributed by atoms with van der Waals surface area (Å²) in [5.41, 5.74) is 7.93. The number of methoxy groups -OCH3 is 2. The molecule has 0 heterocycles. The fourth-order valence-corrected chi connectivity index (χ4v) is 4.27. The summed E-state index contributed by atoms with van der Waals surface area (Å²) in [6.45, 7) is 14.8. The van der Waals surface area contributed by atoms with Gasteiger partial charge in [0.2, 0.25) is 0 Å². The predicted octanol–water partition coefficient (Wildman–Crippen LogP) is 5.84. The van der Waals surface area contributed by atoms with Gasteiger partial charge in [-0.2, -0.15) is 0 Å². The third kappa shape index (κ3) is 3.34. The minimum Gasteiger partial charge on any atom is -0.383 e. The summed E-state index contributed by atoms with van der Waals surface area (Å²) < 4.78 is 11.5. The molecule has 0 atom stereocenters. The molecular formula is C25H34O2. The lowest BCUT2D eigenvalue weighted by atomic mass is 9.75. The topological polar surface area (TPSA) is 18.5 Å². The average molecular weight is 367 g/mol. The fourth-order valence-electron chi connectivity index (χ4n) is 4.27. The molecule has 0 aliphatic heterocycles. The Bertz CT molecular complexity index is 763. The van der Waals surface area contributed by atoms with Gasteiger partial charge in [0.05, 0.1) is 18.6 Å². The van der Waals surface area contributed by atoms with E-state index in [1.165, 1.54) is 33.4 Å². The van der Waals surface area contributed by atoms with Gasteiger partial charge < -0.3 is 9.47 Å². The van der Waals surface area contributed by atoms with Crippen molar-refractivity contribution in [1.82, 2.24) is 0 Å². The third-order valence-corrected chi connectivity index (χ3v) is 5.87. The largest absolute Gasteiger partial charge is 0.383 e. The molecule has 1 aliphatic carbocycles. The minimum atomic E-state index is -0.267. The van der Waals surface area contributed by atoms with Crippen LogP contribution in [0.2, 0.25) is 0 Å². The highest BCUT2D eigenvalue weighted by Crippen LogP contribution is 2.51. The van der Waals surface area contributed by atoms with Gasteiger partial charge in [-0.05, 0) is 44.2 Å². The van der Waals surface area contributed by atoms with E-state index in [-0.39, 0.29) is 16.2 Å². The highest BCUT2D eigenvalue weighted by Gasteiger charge is 2.44. The molecule has 27 heavy (non-hydrogen) atoms. The zero-order valence-electron chi connectivity index (χ0n) is 18.2. The average Bonchev–Trinajstić information content (AvgIpc) is 2.84. The van der Waals surface area contributed by atoms with Crippen LogP contribution in [0.15, 0.2) is 36.4 Å². The molecular weight excluding hydrogens is 332 g/mol. The number of fused-ring (bicyclic) bond motifs is 3. The Kier molecular flexibility index (Phi) is 5.03. The van der Waals surface area contributed by atoms with Gasteiger partial charge in [-0.3, -0.25) is 0 Å². The van der Waals surface area contributed by atoms with E-state index >= 15 is 0 Å². The van der Waals surface area contributed by atoms with Crippen molar-refractivity contribution in [2.75, 3.05) is 27.4 Å². The molecule has 2 aromatic rings. The lowest BCUT2D eigenvalue weighted by Crippen LogP contribution is -2.36. The Morgan fingerprint density at radius 3 is 1.33 bits per heavy atom. The first-order chi connectivity index (χ1) is 12.5. The smallest absolute Gasteiger partial charge is 0.0681 e. The zero-order valence-corrected chi connectivity index (χ0v) is 18.2. The molecule has 0 spiro atoms. The molecule has 2 nitrogen and oxygen atoms in total. The molecule has 0 amide bonds. The first kappa shape index (κ1) is 20.1. The highest BCUT2D eigenvalue weighted by molar-refractivity contribution is 5.82. The van der Waals surface area contributed by atoms with Gasteiger partial charge in [0.1, 0.15) is 0 Å². The van der Waals surface area contributed by atoms with Gasteiger partial charge in [0.15, 0.2) is 0 Å². The normalized spacial score (nSPS) is 15.6. The second-order valence-corrected chi connectivity index (χ2v) is 9.97.